The van der Waals surface area contributed by atoms with E-state index >= 15 is 0 Å². The lowest BCUT2D eigenvalue weighted by molar-refractivity contribution is 0.0695. The summed E-state index contributed by atoms with van der Waals surface area (Å²) in [5, 5.41) is 9.19. The molecule has 5 nitrogen and oxygen atoms in total. The molecule has 2 heterocycles. The van der Waals surface area contributed by atoms with Crippen LogP contribution in [-0.2, 0) is 0 Å². The van der Waals surface area contributed by atoms with E-state index in [4.69, 9.17) is 30.0 Å². The summed E-state index contributed by atoms with van der Waals surface area (Å²) in [6, 6.07) is 16.4. The van der Waals surface area contributed by atoms with Crippen molar-refractivity contribution in [3.63, 3.8) is 0 Å². The third-order valence-corrected chi connectivity index (χ3v) is 6.45. The van der Waals surface area contributed by atoms with Gasteiger partial charge in [0.15, 0.2) is 0 Å². The molecule has 1 aromatic heterocycles. The average molecular weight is 457 g/mol. The highest BCUT2D eigenvalue weighted by Gasteiger charge is 2.36. The lowest BCUT2D eigenvalue weighted by atomic mass is 9.93. The van der Waals surface area contributed by atoms with Crippen molar-refractivity contribution in [2.45, 2.75) is 23.1 Å². The minimum Gasteiger partial charge on any atom is -0.478 e. The molecule has 160 valence electrons. The standard InChI is InChI=1S/C23H21FN2O3S2/c24-16-6-8-17(9-7-16)29-20-10-5-14(12-25-20)22(31)26-13-15(11-21(26)30)18-3-1-2-4-19(18)23(27)28/h1-10,12,15,21-22,30-31H,11,13H2,(H,27,28)/t15-,21?,22?/m0/s1. The number of carboxylic acid groups (broad SMARTS) is 1. The van der Waals surface area contributed by atoms with Gasteiger partial charge in [-0.25, -0.2) is 14.2 Å². The van der Waals surface area contributed by atoms with Gasteiger partial charge in [-0.1, -0.05) is 18.2 Å². The van der Waals surface area contributed by atoms with E-state index in [0.29, 0.717) is 23.7 Å². The number of aromatic carboxylic acids is 1. The van der Waals surface area contributed by atoms with Gasteiger partial charge in [0.25, 0.3) is 0 Å². The minimum atomic E-state index is -0.923. The van der Waals surface area contributed by atoms with Crippen LogP contribution in [0.4, 0.5) is 4.39 Å². The van der Waals surface area contributed by atoms with Crippen molar-refractivity contribution in [3.05, 3.63) is 89.4 Å². The largest absolute Gasteiger partial charge is 0.478 e. The molecule has 1 fully saturated rings. The maximum Gasteiger partial charge on any atom is 0.335 e. The Hall–Kier alpha value is -2.55. The van der Waals surface area contributed by atoms with Crippen molar-refractivity contribution in [1.82, 2.24) is 9.88 Å². The molecule has 1 N–H and O–H groups in total. The molecule has 3 atom stereocenters. The quantitative estimate of drug-likeness (QED) is 0.435. The Morgan fingerprint density at radius 2 is 1.90 bits per heavy atom. The van der Waals surface area contributed by atoms with Crippen molar-refractivity contribution in [2.75, 3.05) is 6.54 Å². The van der Waals surface area contributed by atoms with Crippen LogP contribution in [-0.4, -0.2) is 32.9 Å². The Kier molecular flexibility index (Phi) is 6.50. The van der Waals surface area contributed by atoms with Gasteiger partial charge in [0, 0.05) is 18.8 Å². The average Bonchev–Trinajstić information content (AvgIpc) is 3.17. The zero-order valence-electron chi connectivity index (χ0n) is 16.4. The summed E-state index contributed by atoms with van der Waals surface area (Å²) in [6.45, 7) is 0.639. The molecule has 31 heavy (non-hydrogen) atoms. The SMILES string of the molecule is O=C(O)c1ccccc1[C@H]1CC(S)N(C(S)c2ccc(Oc3ccc(F)cc3)nc2)C1. The highest BCUT2D eigenvalue weighted by molar-refractivity contribution is 7.81. The van der Waals surface area contributed by atoms with E-state index in [1.54, 1.807) is 24.4 Å². The summed E-state index contributed by atoms with van der Waals surface area (Å²) in [7, 11) is 0. The number of likely N-dealkylation sites (tertiary alicyclic amines) is 1. The summed E-state index contributed by atoms with van der Waals surface area (Å²) in [5.74, 6) is -0.302. The van der Waals surface area contributed by atoms with Crippen molar-refractivity contribution in [2.24, 2.45) is 0 Å². The topological polar surface area (TPSA) is 62.7 Å². The first-order valence-electron chi connectivity index (χ1n) is 9.76. The van der Waals surface area contributed by atoms with Crippen LogP contribution in [0, 0.1) is 5.82 Å². The summed E-state index contributed by atoms with van der Waals surface area (Å²) >= 11 is 9.50. The smallest absolute Gasteiger partial charge is 0.335 e. The highest BCUT2D eigenvalue weighted by atomic mass is 32.1. The molecule has 0 saturated carbocycles. The van der Waals surface area contributed by atoms with Gasteiger partial charge in [-0.2, -0.15) is 25.3 Å². The fourth-order valence-electron chi connectivity index (χ4n) is 3.80. The van der Waals surface area contributed by atoms with E-state index in [0.717, 1.165) is 17.5 Å². The molecule has 4 rings (SSSR count). The van der Waals surface area contributed by atoms with Crippen LogP contribution in [0.5, 0.6) is 11.6 Å². The molecule has 8 heteroatoms. The van der Waals surface area contributed by atoms with Gasteiger partial charge < -0.3 is 9.84 Å². The van der Waals surface area contributed by atoms with Crippen LogP contribution in [0.3, 0.4) is 0 Å². The zero-order chi connectivity index (χ0) is 22.0. The second-order valence-electron chi connectivity index (χ2n) is 7.36. The first-order valence-corrected chi connectivity index (χ1v) is 10.8. The third kappa shape index (κ3) is 4.87. The van der Waals surface area contributed by atoms with Gasteiger partial charge in [0.05, 0.1) is 16.3 Å². The number of thiol groups is 2. The fraction of sp³-hybridized carbons (Fsp3) is 0.217. The van der Waals surface area contributed by atoms with E-state index in [9.17, 15) is 14.3 Å². The lowest BCUT2D eigenvalue weighted by Crippen LogP contribution is -2.27. The number of pyridine rings is 1. The fourth-order valence-corrected chi connectivity index (χ4v) is 4.79. The lowest BCUT2D eigenvalue weighted by Gasteiger charge is -2.27. The van der Waals surface area contributed by atoms with E-state index in [2.05, 4.69) is 9.88 Å². The molecule has 1 aliphatic heterocycles. The van der Waals surface area contributed by atoms with E-state index in [1.807, 2.05) is 18.2 Å². The minimum absolute atomic E-state index is 0.0542. The van der Waals surface area contributed by atoms with Crippen molar-refractivity contribution >= 4 is 31.2 Å². The zero-order valence-corrected chi connectivity index (χ0v) is 18.2. The van der Waals surface area contributed by atoms with E-state index in [-0.39, 0.29) is 22.5 Å². The number of halogens is 1. The number of carbonyl (C=O) groups is 1. The molecule has 0 aliphatic carbocycles. The first kappa shape index (κ1) is 21.7. The Morgan fingerprint density at radius 3 is 2.58 bits per heavy atom. The van der Waals surface area contributed by atoms with Crippen LogP contribution in [0.2, 0.25) is 0 Å². The predicted molar refractivity (Wildman–Crippen MR) is 123 cm³/mol. The summed E-state index contributed by atoms with van der Waals surface area (Å²) in [5.41, 5.74) is 2.02. The van der Waals surface area contributed by atoms with Gasteiger partial charge in [0.2, 0.25) is 5.88 Å². The van der Waals surface area contributed by atoms with E-state index < -0.39 is 5.97 Å². The molecular weight excluding hydrogens is 435 g/mol. The normalized spacial score (nSPS) is 19.8. The number of hydrogen-bond acceptors (Lipinski definition) is 6. The number of aromatic nitrogens is 1. The predicted octanol–water partition coefficient (Wildman–Crippen LogP) is 5.39. The Bertz CT molecular complexity index is 1060. The number of ether oxygens (including phenoxy) is 1. The van der Waals surface area contributed by atoms with Crippen LogP contribution in [0.1, 0.15) is 39.2 Å². The van der Waals surface area contributed by atoms with Crippen LogP contribution in [0.25, 0.3) is 0 Å². The van der Waals surface area contributed by atoms with Crippen molar-refractivity contribution in [1.29, 1.82) is 0 Å². The monoisotopic (exact) mass is 456 g/mol. The maximum atomic E-state index is 13.0. The number of nitrogens with zero attached hydrogens (tertiary/aromatic N) is 2. The van der Waals surface area contributed by atoms with Gasteiger partial charge in [-0.3, -0.25) is 4.90 Å². The number of benzene rings is 2. The van der Waals surface area contributed by atoms with Crippen LogP contribution in [0.15, 0.2) is 66.9 Å². The molecule has 3 aromatic rings. The molecule has 0 spiro atoms. The number of hydrogen-bond donors (Lipinski definition) is 3. The van der Waals surface area contributed by atoms with Gasteiger partial charge >= 0.3 is 5.97 Å². The summed E-state index contributed by atoms with van der Waals surface area (Å²) in [6.07, 6.45) is 2.42. The Morgan fingerprint density at radius 1 is 1.16 bits per heavy atom. The molecule has 1 aliphatic rings. The second-order valence-corrected chi connectivity index (χ2v) is 8.45. The third-order valence-electron chi connectivity index (χ3n) is 5.35. The van der Waals surface area contributed by atoms with Gasteiger partial charge in [0.1, 0.15) is 11.6 Å². The first-order chi connectivity index (χ1) is 14.9. The maximum absolute atomic E-state index is 13.0. The Labute approximate surface area is 190 Å². The molecule has 0 bridgehead atoms. The summed E-state index contributed by atoms with van der Waals surface area (Å²) in [4.78, 5) is 18.0. The highest BCUT2D eigenvalue weighted by Crippen LogP contribution is 2.41. The number of carboxylic acids is 1. The molecule has 1 saturated heterocycles. The molecule has 2 unspecified atom stereocenters. The van der Waals surface area contributed by atoms with Crippen molar-refractivity contribution < 1.29 is 19.0 Å². The molecule has 2 aromatic carbocycles. The molecule has 0 amide bonds. The second kappa shape index (κ2) is 9.30. The van der Waals surface area contributed by atoms with E-state index in [1.165, 1.54) is 24.3 Å². The van der Waals surface area contributed by atoms with Crippen LogP contribution >= 0.6 is 25.3 Å². The van der Waals surface area contributed by atoms with Crippen LogP contribution < -0.4 is 4.74 Å². The van der Waals surface area contributed by atoms with Crippen molar-refractivity contribution in [3.8, 4) is 11.6 Å². The Balaban J connectivity index is 1.46. The van der Waals surface area contributed by atoms with Gasteiger partial charge in [-0.05, 0) is 59.9 Å². The van der Waals surface area contributed by atoms with Gasteiger partial charge in [-0.15, -0.1) is 0 Å². The number of rotatable bonds is 6. The summed E-state index contributed by atoms with van der Waals surface area (Å²) < 4.78 is 18.7. The molecule has 0 radical (unpaired) electrons. The molecular formula is C23H21FN2O3S2.